The second kappa shape index (κ2) is 6.10. The molecule has 0 spiro atoms. The fourth-order valence-corrected chi connectivity index (χ4v) is 1.65. The summed E-state index contributed by atoms with van der Waals surface area (Å²) < 4.78 is 5.60. The zero-order valence-corrected chi connectivity index (χ0v) is 11.5. The van der Waals surface area contributed by atoms with Gasteiger partial charge in [0.15, 0.2) is 0 Å². The highest BCUT2D eigenvalue weighted by atomic mass is 16.5. The number of anilines is 1. The van der Waals surface area contributed by atoms with Crippen LogP contribution in [0, 0.1) is 6.92 Å². The van der Waals surface area contributed by atoms with Gasteiger partial charge in [0, 0.05) is 6.07 Å². The van der Waals surface area contributed by atoms with Crippen LogP contribution in [0.5, 0.6) is 5.75 Å². The number of aromatic nitrogens is 2. The molecule has 4 N–H and O–H groups in total. The van der Waals surface area contributed by atoms with Crippen molar-refractivity contribution in [2.75, 3.05) is 12.3 Å². The summed E-state index contributed by atoms with van der Waals surface area (Å²) in [5, 5.41) is 9.07. The molecule has 0 aliphatic carbocycles. The molecule has 1 atom stereocenters. The fourth-order valence-electron chi connectivity index (χ4n) is 1.65. The first kappa shape index (κ1) is 13.9. The lowest BCUT2D eigenvalue weighted by Gasteiger charge is -2.14. The van der Waals surface area contributed by atoms with Gasteiger partial charge < -0.3 is 15.8 Å². The van der Waals surface area contributed by atoms with Crippen LogP contribution in [-0.2, 0) is 0 Å². The van der Waals surface area contributed by atoms with Crippen LogP contribution >= 0.6 is 0 Å². The van der Waals surface area contributed by atoms with E-state index in [1.807, 2.05) is 38.1 Å². The minimum Gasteiger partial charge on any atom is -0.491 e. The van der Waals surface area contributed by atoms with E-state index in [1.165, 1.54) is 11.6 Å². The number of amides is 1. The van der Waals surface area contributed by atoms with Gasteiger partial charge in [-0.2, -0.15) is 5.10 Å². The molecule has 6 nitrogen and oxygen atoms in total. The van der Waals surface area contributed by atoms with Crippen molar-refractivity contribution in [2.24, 2.45) is 0 Å². The van der Waals surface area contributed by atoms with Crippen LogP contribution in [0.15, 0.2) is 30.3 Å². The summed E-state index contributed by atoms with van der Waals surface area (Å²) in [4.78, 5) is 11.8. The maximum absolute atomic E-state index is 11.8. The summed E-state index contributed by atoms with van der Waals surface area (Å²) in [7, 11) is 0. The number of nitrogens with zero attached hydrogens (tertiary/aromatic N) is 1. The molecule has 20 heavy (non-hydrogen) atoms. The highest BCUT2D eigenvalue weighted by Gasteiger charge is 2.12. The van der Waals surface area contributed by atoms with E-state index in [0.717, 1.165) is 5.75 Å². The van der Waals surface area contributed by atoms with Crippen molar-refractivity contribution in [1.29, 1.82) is 0 Å². The van der Waals surface area contributed by atoms with Gasteiger partial charge in [0.2, 0.25) is 0 Å². The van der Waals surface area contributed by atoms with Crippen molar-refractivity contribution in [3.8, 4) is 5.75 Å². The number of ether oxygens (including phenoxy) is 1. The van der Waals surface area contributed by atoms with E-state index < -0.39 is 0 Å². The number of nitrogen functional groups attached to an aromatic ring is 1. The molecule has 2 aromatic rings. The second-order valence-corrected chi connectivity index (χ2v) is 4.71. The summed E-state index contributed by atoms with van der Waals surface area (Å²) in [6.07, 6.45) is 0. The van der Waals surface area contributed by atoms with Gasteiger partial charge in [-0.1, -0.05) is 17.7 Å². The SMILES string of the molecule is Cc1ccc(OCC(C)NC(=O)c2cc(N)n[nH]2)cc1. The summed E-state index contributed by atoms with van der Waals surface area (Å²) in [6.45, 7) is 4.27. The Morgan fingerprint density at radius 2 is 2.15 bits per heavy atom. The largest absolute Gasteiger partial charge is 0.491 e. The molecular formula is C14H18N4O2. The van der Waals surface area contributed by atoms with Gasteiger partial charge in [0.05, 0.1) is 6.04 Å². The number of aromatic amines is 1. The summed E-state index contributed by atoms with van der Waals surface area (Å²) in [6, 6.07) is 9.12. The predicted octanol–water partition coefficient (Wildman–Crippen LogP) is 1.50. The topological polar surface area (TPSA) is 93.0 Å². The minimum atomic E-state index is -0.255. The van der Waals surface area contributed by atoms with E-state index in [4.69, 9.17) is 10.5 Å². The van der Waals surface area contributed by atoms with Gasteiger partial charge in [-0.25, -0.2) is 0 Å². The van der Waals surface area contributed by atoms with Crippen molar-refractivity contribution in [3.05, 3.63) is 41.6 Å². The Kier molecular flexibility index (Phi) is 4.24. The van der Waals surface area contributed by atoms with Crippen LogP contribution < -0.4 is 15.8 Å². The molecular weight excluding hydrogens is 256 g/mol. The van der Waals surface area contributed by atoms with Gasteiger partial charge in [0.1, 0.15) is 23.9 Å². The minimum absolute atomic E-state index is 0.131. The van der Waals surface area contributed by atoms with Gasteiger partial charge in [-0.15, -0.1) is 0 Å². The molecule has 106 valence electrons. The number of aryl methyl sites for hydroxylation is 1. The van der Waals surface area contributed by atoms with Crippen molar-refractivity contribution in [3.63, 3.8) is 0 Å². The summed E-state index contributed by atoms with van der Waals surface area (Å²) >= 11 is 0. The third-order valence-electron chi connectivity index (χ3n) is 2.74. The monoisotopic (exact) mass is 274 g/mol. The van der Waals surface area contributed by atoms with Crippen LogP contribution in [0.25, 0.3) is 0 Å². The maximum atomic E-state index is 11.8. The Bertz CT molecular complexity index is 577. The van der Waals surface area contributed by atoms with Gasteiger partial charge in [-0.3, -0.25) is 9.89 Å². The molecule has 1 unspecified atom stereocenters. The number of hydrogen-bond donors (Lipinski definition) is 3. The van der Waals surface area contributed by atoms with Gasteiger partial charge in [-0.05, 0) is 26.0 Å². The molecule has 0 fully saturated rings. The molecule has 1 heterocycles. The Labute approximate surface area is 117 Å². The number of hydrogen-bond acceptors (Lipinski definition) is 4. The molecule has 0 bridgehead atoms. The highest BCUT2D eigenvalue weighted by Crippen LogP contribution is 2.11. The van der Waals surface area contributed by atoms with E-state index in [2.05, 4.69) is 15.5 Å². The molecule has 0 aliphatic heterocycles. The average molecular weight is 274 g/mol. The third-order valence-corrected chi connectivity index (χ3v) is 2.74. The van der Waals surface area contributed by atoms with Crippen molar-refractivity contribution in [2.45, 2.75) is 19.9 Å². The first-order valence-electron chi connectivity index (χ1n) is 6.36. The van der Waals surface area contributed by atoms with Crippen LogP contribution in [0.2, 0.25) is 0 Å². The first-order valence-corrected chi connectivity index (χ1v) is 6.36. The first-order chi connectivity index (χ1) is 9.54. The van der Waals surface area contributed by atoms with E-state index >= 15 is 0 Å². The zero-order chi connectivity index (χ0) is 14.5. The number of rotatable bonds is 5. The Balaban J connectivity index is 1.82. The van der Waals surface area contributed by atoms with E-state index in [0.29, 0.717) is 18.1 Å². The van der Waals surface area contributed by atoms with E-state index in [-0.39, 0.29) is 11.9 Å². The normalized spacial score (nSPS) is 11.9. The lowest BCUT2D eigenvalue weighted by Crippen LogP contribution is -2.37. The van der Waals surface area contributed by atoms with E-state index in [9.17, 15) is 4.79 Å². The van der Waals surface area contributed by atoms with Crippen molar-refractivity contribution in [1.82, 2.24) is 15.5 Å². The van der Waals surface area contributed by atoms with Crippen molar-refractivity contribution >= 4 is 11.7 Å². The molecule has 6 heteroatoms. The van der Waals surface area contributed by atoms with Gasteiger partial charge in [0.25, 0.3) is 5.91 Å². The molecule has 0 saturated carbocycles. The Morgan fingerprint density at radius 3 is 2.75 bits per heavy atom. The second-order valence-electron chi connectivity index (χ2n) is 4.71. The number of nitrogens with two attached hydrogens (primary N) is 1. The number of carbonyl (C=O) groups is 1. The smallest absolute Gasteiger partial charge is 0.269 e. The highest BCUT2D eigenvalue weighted by molar-refractivity contribution is 5.93. The van der Waals surface area contributed by atoms with Crippen LogP contribution in [0.1, 0.15) is 23.0 Å². The zero-order valence-electron chi connectivity index (χ0n) is 11.5. The van der Waals surface area contributed by atoms with Crippen LogP contribution in [0.4, 0.5) is 5.82 Å². The lowest BCUT2D eigenvalue weighted by molar-refractivity contribution is 0.0921. The number of carbonyl (C=O) groups excluding carboxylic acids is 1. The van der Waals surface area contributed by atoms with Crippen LogP contribution in [-0.4, -0.2) is 28.8 Å². The lowest BCUT2D eigenvalue weighted by atomic mass is 10.2. The molecule has 1 amide bonds. The fraction of sp³-hybridized carbons (Fsp3) is 0.286. The summed E-state index contributed by atoms with van der Waals surface area (Å²) in [5.41, 5.74) is 6.96. The average Bonchev–Trinajstić information content (AvgIpc) is 2.85. The molecule has 0 radical (unpaired) electrons. The Hall–Kier alpha value is -2.50. The number of nitrogens with one attached hydrogen (secondary N) is 2. The molecule has 1 aromatic carbocycles. The third kappa shape index (κ3) is 3.74. The van der Waals surface area contributed by atoms with Crippen LogP contribution in [0.3, 0.4) is 0 Å². The standard InChI is InChI=1S/C14H18N4O2/c1-9-3-5-11(6-4-9)20-8-10(2)16-14(19)12-7-13(15)18-17-12/h3-7,10H,8H2,1-2H3,(H,16,19)(H3,15,17,18). The molecule has 2 rings (SSSR count). The number of benzene rings is 1. The summed E-state index contributed by atoms with van der Waals surface area (Å²) in [5.74, 6) is 0.815. The maximum Gasteiger partial charge on any atom is 0.269 e. The molecule has 0 aliphatic rings. The quantitative estimate of drug-likeness (QED) is 0.770. The predicted molar refractivity (Wildman–Crippen MR) is 76.6 cm³/mol. The molecule has 0 saturated heterocycles. The number of H-pyrrole nitrogens is 1. The molecule has 1 aromatic heterocycles. The Morgan fingerprint density at radius 1 is 1.45 bits per heavy atom. The van der Waals surface area contributed by atoms with E-state index in [1.54, 1.807) is 0 Å². The van der Waals surface area contributed by atoms with Crippen molar-refractivity contribution < 1.29 is 9.53 Å². The van der Waals surface area contributed by atoms with Gasteiger partial charge >= 0.3 is 0 Å².